The quantitative estimate of drug-likeness (QED) is 0.779. The molecule has 1 N–H and O–H groups in total. The molecule has 1 fully saturated rings. The molecule has 0 radical (unpaired) electrons. The van der Waals surface area contributed by atoms with Gasteiger partial charge in [0, 0.05) is 29.2 Å². The molecule has 6 nitrogen and oxygen atoms in total. The van der Waals surface area contributed by atoms with E-state index >= 15 is 0 Å². The molecular weight excluding hydrogens is 372 g/mol. The first-order valence-electron chi connectivity index (χ1n) is 8.70. The molecular formula is C18H24N2O4S2. The molecule has 0 spiro atoms. The number of sulfonamides is 1. The summed E-state index contributed by atoms with van der Waals surface area (Å²) in [5.74, 6) is 0.923. The fraction of sp³-hybridized carbons (Fsp3) is 0.500. The van der Waals surface area contributed by atoms with Gasteiger partial charge in [-0.1, -0.05) is 0 Å². The van der Waals surface area contributed by atoms with E-state index in [1.54, 1.807) is 18.3 Å². The molecule has 8 heteroatoms. The minimum Gasteiger partial charge on any atom is -0.493 e. The Morgan fingerprint density at radius 1 is 1.35 bits per heavy atom. The Bertz CT molecular complexity index is 818. The minimum absolute atomic E-state index is 0.0643. The van der Waals surface area contributed by atoms with Crippen molar-refractivity contribution in [2.24, 2.45) is 5.92 Å². The van der Waals surface area contributed by atoms with Crippen LogP contribution in [0.1, 0.15) is 18.2 Å². The maximum atomic E-state index is 11.8. The second-order valence-electron chi connectivity index (χ2n) is 6.36. The van der Waals surface area contributed by atoms with Crippen LogP contribution in [0, 0.1) is 12.8 Å². The Kier molecular flexibility index (Phi) is 6.29. The molecule has 142 valence electrons. The molecule has 0 amide bonds. The van der Waals surface area contributed by atoms with Crippen LogP contribution in [0.4, 0.5) is 0 Å². The highest BCUT2D eigenvalue weighted by Gasteiger charge is 2.29. The SMILES string of the molecule is CCS(=O)(=O)N[C@H]1COCC[C@@H]1COc1ccc(-c2ncc(C)s2)cc1. The number of rotatable bonds is 7. The van der Waals surface area contributed by atoms with Crippen LogP contribution in [0.5, 0.6) is 5.75 Å². The molecule has 0 unspecified atom stereocenters. The summed E-state index contributed by atoms with van der Waals surface area (Å²) >= 11 is 1.66. The summed E-state index contributed by atoms with van der Waals surface area (Å²) in [6.07, 6.45) is 2.64. The third-order valence-corrected chi connectivity index (χ3v) is 6.78. The van der Waals surface area contributed by atoms with E-state index in [1.165, 1.54) is 4.88 Å². The highest BCUT2D eigenvalue weighted by molar-refractivity contribution is 7.89. The number of benzene rings is 1. The third kappa shape index (κ3) is 5.03. The number of ether oxygens (including phenoxy) is 2. The second kappa shape index (κ2) is 8.47. The highest BCUT2D eigenvalue weighted by atomic mass is 32.2. The normalized spacial score (nSPS) is 20.8. The maximum Gasteiger partial charge on any atom is 0.211 e. The average Bonchev–Trinajstić information content (AvgIpc) is 3.07. The Hall–Kier alpha value is -1.48. The molecule has 2 aromatic rings. The predicted octanol–water partition coefficient (Wildman–Crippen LogP) is 2.84. The number of nitrogens with one attached hydrogen (secondary N) is 1. The van der Waals surface area contributed by atoms with E-state index in [2.05, 4.69) is 9.71 Å². The molecule has 26 heavy (non-hydrogen) atoms. The molecule has 1 saturated heterocycles. The minimum atomic E-state index is -3.26. The molecule has 1 aromatic heterocycles. The number of hydrogen-bond acceptors (Lipinski definition) is 6. The second-order valence-corrected chi connectivity index (χ2v) is 9.64. The molecule has 0 bridgehead atoms. The molecule has 0 saturated carbocycles. The van der Waals surface area contributed by atoms with Gasteiger partial charge in [-0.2, -0.15) is 0 Å². The molecule has 0 aliphatic carbocycles. The van der Waals surface area contributed by atoms with Crippen LogP contribution in [0.2, 0.25) is 0 Å². The Morgan fingerprint density at radius 2 is 2.12 bits per heavy atom. The van der Waals surface area contributed by atoms with Gasteiger partial charge in [0.1, 0.15) is 10.8 Å². The van der Waals surface area contributed by atoms with Gasteiger partial charge in [0.15, 0.2) is 0 Å². The van der Waals surface area contributed by atoms with Crippen molar-refractivity contribution in [2.75, 3.05) is 25.6 Å². The topological polar surface area (TPSA) is 77.5 Å². The summed E-state index contributed by atoms with van der Waals surface area (Å²) in [5.41, 5.74) is 1.06. The fourth-order valence-electron chi connectivity index (χ4n) is 2.81. The average molecular weight is 397 g/mol. The lowest BCUT2D eigenvalue weighted by Crippen LogP contribution is -2.48. The monoisotopic (exact) mass is 396 g/mol. The zero-order valence-corrected chi connectivity index (χ0v) is 16.6. The van der Waals surface area contributed by atoms with E-state index in [0.717, 1.165) is 22.7 Å². The van der Waals surface area contributed by atoms with Gasteiger partial charge in [0.05, 0.1) is 25.0 Å². The van der Waals surface area contributed by atoms with Crippen molar-refractivity contribution in [3.05, 3.63) is 35.3 Å². The fourth-order valence-corrected chi connectivity index (χ4v) is 4.47. The number of aromatic nitrogens is 1. The molecule has 1 aliphatic rings. The van der Waals surface area contributed by atoms with Crippen molar-refractivity contribution in [1.29, 1.82) is 0 Å². The van der Waals surface area contributed by atoms with Crippen LogP contribution in [-0.4, -0.2) is 45.0 Å². The van der Waals surface area contributed by atoms with Gasteiger partial charge < -0.3 is 9.47 Å². The number of nitrogens with zero attached hydrogens (tertiary/aromatic N) is 1. The van der Waals surface area contributed by atoms with Crippen molar-refractivity contribution >= 4 is 21.4 Å². The van der Waals surface area contributed by atoms with E-state index < -0.39 is 10.0 Å². The Labute approximate surface area is 158 Å². The first-order chi connectivity index (χ1) is 12.5. The smallest absolute Gasteiger partial charge is 0.211 e. The summed E-state index contributed by atoms with van der Waals surface area (Å²) < 4.78 is 37.8. The number of aryl methyl sites for hydroxylation is 1. The zero-order valence-electron chi connectivity index (χ0n) is 15.0. The van der Waals surface area contributed by atoms with Crippen LogP contribution in [-0.2, 0) is 14.8 Å². The standard InChI is InChI=1S/C18H24N2O4S2/c1-3-26(21,22)20-17-12-23-9-8-15(17)11-24-16-6-4-14(5-7-16)18-19-10-13(2)25-18/h4-7,10,15,17,20H,3,8-9,11-12H2,1-2H3/t15-,17+/m1/s1. The van der Waals surface area contributed by atoms with Crippen LogP contribution in [0.3, 0.4) is 0 Å². The predicted molar refractivity (Wildman–Crippen MR) is 103 cm³/mol. The first-order valence-corrected chi connectivity index (χ1v) is 11.2. The van der Waals surface area contributed by atoms with Gasteiger partial charge in [-0.25, -0.2) is 18.1 Å². The van der Waals surface area contributed by atoms with Crippen LogP contribution < -0.4 is 9.46 Å². The van der Waals surface area contributed by atoms with E-state index in [0.29, 0.717) is 19.8 Å². The molecule has 3 rings (SSSR count). The van der Waals surface area contributed by atoms with Gasteiger partial charge in [-0.3, -0.25) is 0 Å². The van der Waals surface area contributed by atoms with Crippen LogP contribution in [0.25, 0.3) is 10.6 Å². The molecule has 2 heterocycles. The van der Waals surface area contributed by atoms with Gasteiger partial charge in [-0.15, -0.1) is 11.3 Å². The van der Waals surface area contributed by atoms with Crippen molar-refractivity contribution < 1.29 is 17.9 Å². The van der Waals surface area contributed by atoms with Crippen molar-refractivity contribution in [2.45, 2.75) is 26.3 Å². The summed E-state index contributed by atoms with van der Waals surface area (Å²) in [7, 11) is -3.26. The third-order valence-electron chi connectivity index (χ3n) is 4.40. The van der Waals surface area contributed by atoms with Gasteiger partial charge in [0.25, 0.3) is 0 Å². The van der Waals surface area contributed by atoms with Gasteiger partial charge in [0.2, 0.25) is 10.0 Å². The van der Waals surface area contributed by atoms with E-state index in [-0.39, 0.29) is 17.7 Å². The van der Waals surface area contributed by atoms with Crippen molar-refractivity contribution in [3.63, 3.8) is 0 Å². The summed E-state index contributed by atoms with van der Waals surface area (Å²) in [6.45, 7) is 5.13. The largest absolute Gasteiger partial charge is 0.493 e. The molecule has 1 aliphatic heterocycles. The maximum absolute atomic E-state index is 11.8. The Balaban J connectivity index is 1.60. The molecule has 2 atom stereocenters. The first kappa shape index (κ1) is 19.3. The zero-order chi connectivity index (χ0) is 18.6. The lowest BCUT2D eigenvalue weighted by molar-refractivity contribution is 0.0274. The van der Waals surface area contributed by atoms with Gasteiger partial charge >= 0.3 is 0 Å². The van der Waals surface area contributed by atoms with Gasteiger partial charge in [-0.05, 0) is 44.5 Å². The van der Waals surface area contributed by atoms with E-state index in [4.69, 9.17) is 9.47 Å². The summed E-state index contributed by atoms with van der Waals surface area (Å²) in [4.78, 5) is 5.57. The lowest BCUT2D eigenvalue weighted by atomic mass is 9.97. The highest BCUT2D eigenvalue weighted by Crippen LogP contribution is 2.27. The number of hydrogen-bond donors (Lipinski definition) is 1. The van der Waals surface area contributed by atoms with E-state index in [9.17, 15) is 8.42 Å². The van der Waals surface area contributed by atoms with Crippen LogP contribution in [0.15, 0.2) is 30.5 Å². The summed E-state index contributed by atoms with van der Waals surface area (Å²) in [6, 6.07) is 7.60. The van der Waals surface area contributed by atoms with Crippen molar-refractivity contribution in [1.82, 2.24) is 9.71 Å². The molecule has 1 aromatic carbocycles. The van der Waals surface area contributed by atoms with Crippen LogP contribution >= 0.6 is 11.3 Å². The van der Waals surface area contributed by atoms with E-state index in [1.807, 2.05) is 37.4 Å². The summed E-state index contributed by atoms with van der Waals surface area (Å²) in [5, 5.41) is 0.993. The van der Waals surface area contributed by atoms with Crippen molar-refractivity contribution in [3.8, 4) is 16.3 Å². The lowest BCUT2D eigenvalue weighted by Gasteiger charge is -2.31. The Morgan fingerprint density at radius 3 is 2.77 bits per heavy atom. The number of thiazole rings is 1.